The molecule has 0 aliphatic rings. The normalized spacial score (nSPS) is 13.5. The van der Waals surface area contributed by atoms with Crippen LogP contribution in [0.15, 0.2) is 66.1 Å². The molecule has 32 heavy (non-hydrogen) atoms. The number of hydrogen-bond acceptors (Lipinski definition) is 6. The van der Waals surface area contributed by atoms with E-state index in [1.165, 1.54) is 29.4 Å². The number of nitrogens with one attached hydrogen (secondary N) is 1. The summed E-state index contributed by atoms with van der Waals surface area (Å²) in [5.41, 5.74) is 7.06. The second-order valence-corrected chi connectivity index (χ2v) is 6.75. The van der Waals surface area contributed by atoms with E-state index in [1.807, 2.05) is 6.92 Å². The molecule has 0 aliphatic carbocycles. The molecule has 0 aliphatic heterocycles. The Hall–Kier alpha value is -3.56. The first kappa shape index (κ1) is 24.7. The Kier molecular flexibility index (Phi) is 9.52. The molecule has 0 radical (unpaired) electrons. The van der Waals surface area contributed by atoms with Crippen molar-refractivity contribution in [1.29, 1.82) is 0 Å². The minimum absolute atomic E-state index is 0.0405. The minimum Gasteiger partial charge on any atom is -0.404 e. The van der Waals surface area contributed by atoms with Gasteiger partial charge in [0.15, 0.2) is 0 Å². The van der Waals surface area contributed by atoms with Crippen LogP contribution in [0, 0.1) is 5.82 Å². The van der Waals surface area contributed by atoms with E-state index in [4.69, 9.17) is 17.3 Å². The van der Waals surface area contributed by atoms with Gasteiger partial charge in [-0.2, -0.15) is 0 Å². The molecular weight excluding hydrogens is 435 g/mol. The standard InChI is InChI=1S/C22H24ClFN6O2/c1-3-15(19-7-10-27-22(28-19)29-21(26-2)6-9-25)8-11-30(14-32)20(13-31)16-4-5-17(23)18(24)12-16/h3-12,14,20,31H,13,25H2,1-2H3,(H,26,27,28,29)/b9-6?,11-8-,15-3+. The highest BCUT2D eigenvalue weighted by atomic mass is 35.5. The van der Waals surface area contributed by atoms with Crippen LogP contribution in [-0.2, 0) is 4.79 Å². The molecule has 0 fully saturated rings. The SMILES string of the molecule is C/C=C(\C=C/N(C=O)C(CO)c1ccc(Cl)c(F)c1)c1ccnc(NC(C=CN)=NC)n1. The number of nitrogens with zero attached hydrogens (tertiary/aromatic N) is 4. The predicted molar refractivity (Wildman–Crippen MR) is 124 cm³/mol. The Labute approximate surface area is 190 Å². The number of amidine groups is 1. The molecule has 0 spiro atoms. The quantitative estimate of drug-likeness (QED) is 0.230. The highest BCUT2D eigenvalue weighted by Crippen LogP contribution is 2.25. The maximum atomic E-state index is 13.8. The van der Waals surface area contributed by atoms with E-state index in [0.29, 0.717) is 35.0 Å². The first-order valence-corrected chi connectivity index (χ1v) is 9.93. The van der Waals surface area contributed by atoms with Gasteiger partial charge in [-0.05, 0) is 54.6 Å². The molecule has 168 valence electrons. The Morgan fingerprint density at radius 2 is 2.19 bits per heavy atom. The summed E-state index contributed by atoms with van der Waals surface area (Å²) in [6.07, 6.45) is 9.99. The number of halogens is 2. The number of allylic oxidation sites excluding steroid dienone is 3. The van der Waals surface area contributed by atoms with E-state index >= 15 is 0 Å². The topological polar surface area (TPSA) is 117 Å². The van der Waals surface area contributed by atoms with E-state index in [1.54, 1.807) is 43.6 Å². The summed E-state index contributed by atoms with van der Waals surface area (Å²) in [5.74, 6) is 0.161. The van der Waals surface area contributed by atoms with Crippen LogP contribution >= 0.6 is 11.6 Å². The Morgan fingerprint density at radius 3 is 2.78 bits per heavy atom. The van der Waals surface area contributed by atoms with Crippen LogP contribution in [0.3, 0.4) is 0 Å². The van der Waals surface area contributed by atoms with Gasteiger partial charge < -0.3 is 21.1 Å². The van der Waals surface area contributed by atoms with Gasteiger partial charge in [-0.3, -0.25) is 9.79 Å². The fourth-order valence-corrected chi connectivity index (χ4v) is 2.87. The summed E-state index contributed by atoms with van der Waals surface area (Å²) in [6, 6.07) is 5.04. The molecule has 1 unspecified atom stereocenters. The smallest absolute Gasteiger partial charge is 0.228 e. The summed E-state index contributed by atoms with van der Waals surface area (Å²) in [7, 11) is 1.60. The van der Waals surface area contributed by atoms with E-state index < -0.39 is 18.5 Å². The zero-order chi connectivity index (χ0) is 23.5. The van der Waals surface area contributed by atoms with Gasteiger partial charge in [-0.25, -0.2) is 14.4 Å². The molecule has 2 rings (SSSR count). The third-order valence-electron chi connectivity index (χ3n) is 4.41. The second-order valence-electron chi connectivity index (χ2n) is 6.34. The fourth-order valence-electron chi connectivity index (χ4n) is 2.76. The Bertz CT molecular complexity index is 1050. The zero-order valence-corrected chi connectivity index (χ0v) is 18.4. The minimum atomic E-state index is -0.789. The van der Waals surface area contributed by atoms with Crippen LogP contribution < -0.4 is 11.1 Å². The van der Waals surface area contributed by atoms with Crippen molar-refractivity contribution in [2.75, 3.05) is 19.0 Å². The summed E-state index contributed by atoms with van der Waals surface area (Å²) in [4.78, 5) is 25.6. The number of aliphatic hydroxyl groups is 1. The van der Waals surface area contributed by atoms with Gasteiger partial charge in [0.25, 0.3) is 0 Å². The summed E-state index contributed by atoms with van der Waals surface area (Å²) >= 11 is 5.73. The number of nitrogens with two attached hydrogens (primary N) is 1. The van der Waals surface area contributed by atoms with Crippen LogP contribution in [0.25, 0.3) is 5.57 Å². The van der Waals surface area contributed by atoms with Crippen molar-refractivity contribution >= 4 is 35.4 Å². The molecule has 0 saturated heterocycles. The van der Waals surface area contributed by atoms with Crippen LogP contribution in [0.4, 0.5) is 10.3 Å². The summed E-state index contributed by atoms with van der Waals surface area (Å²) < 4.78 is 13.8. The van der Waals surface area contributed by atoms with Gasteiger partial charge in [0.05, 0.1) is 23.4 Å². The van der Waals surface area contributed by atoms with E-state index in [-0.39, 0.29) is 5.02 Å². The molecule has 0 saturated carbocycles. The third-order valence-corrected chi connectivity index (χ3v) is 4.71. The van der Waals surface area contributed by atoms with Gasteiger partial charge in [0, 0.05) is 19.4 Å². The van der Waals surface area contributed by atoms with Crippen LogP contribution in [0.5, 0.6) is 0 Å². The highest BCUT2D eigenvalue weighted by molar-refractivity contribution is 6.30. The van der Waals surface area contributed by atoms with Gasteiger partial charge >= 0.3 is 0 Å². The lowest BCUT2D eigenvalue weighted by Crippen LogP contribution is -2.25. The van der Waals surface area contributed by atoms with Crippen molar-refractivity contribution in [3.63, 3.8) is 0 Å². The lowest BCUT2D eigenvalue weighted by atomic mass is 10.1. The third kappa shape index (κ3) is 6.47. The molecule has 1 aromatic heterocycles. The number of benzene rings is 1. The number of aliphatic imine (C=N–C) groups is 1. The van der Waals surface area contributed by atoms with Crippen molar-refractivity contribution in [2.45, 2.75) is 13.0 Å². The van der Waals surface area contributed by atoms with Crippen molar-refractivity contribution in [3.05, 3.63) is 83.2 Å². The lowest BCUT2D eigenvalue weighted by molar-refractivity contribution is -0.118. The number of amides is 1. The predicted octanol–water partition coefficient (Wildman–Crippen LogP) is 3.29. The van der Waals surface area contributed by atoms with Gasteiger partial charge in [-0.15, -0.1) is 0 Å². The lowest BCUT2D eigenvalue weighted by Gasteiger charge is -2.24. The van der Waals surface area contributed by atoms with Crippen LogP contribution in [-0.4, -0.2) is 45.9 Å². The van der Waals surface area contributed by atoms with Crippen LogP contribution in [0.1, 0.15) is 24.2 Å². The van der Waals surface area contributed by atoms with E-state index in [0.717, 1.165) is 0 Å². The summed E-state index contributed by atoms with van der Waals surface area (Å²) in [5, 5.41) is 12.7. The molecule has 2 aromatic rings. The Morgan fingerprint density at radius 1 is 1.41 bits per heavy atom. The van der Waals surface area contributed by atoms with Gasteiger partial charge in [0.1, 0.15) is 11.7 Å². The molecule has 8 nitrogen and oxygen atoms in total. The van der Waals surface area contributed by atoms with Crippen LogP contribution in [0.2, 0.25) is 5.02 Å². The van der Waals surface area contributed by atoms with Crippen molar-refractivity contribution < 1.29 is 14.3 Å². The van der Waals surface area contributed by atoms with E-state index in [2.05, 4.69) is 20.3 Å². The van der Waals surface area contributed by atoms with Gasteiger partial charge in [-0.1, -0.05) is 23.7 Å². The average Bonchev–Trinajstić information content (AvgIpc) is 2.80. The number of carbonyl (C=O) groups excluding carboxylic acids is 1. The second kappa shape index (κ2) is 12.3. The Balaban J connectivity index is 2.27. The number of aliphatic hydroxyl groups excluding tert-OH is 1. The van der Waals surface area contributed by atoms with Crippen molar-refractivity contribution in [3.8, 4) is 0 Å². The first-order chi connectivity index (χ1) is 15.5. The number of anilines is 1. The zero-order valence-electron chi connectivity index (χ0n) is 17.6. The summed E-state index contributed by atoms with van der Waals surface area (Å²) in [6.45, 7) is 1.40. The number of hydrogen-bond donors (Lipinski definition) is 3. The maximum Gasteiger partial charge on any atom is 0.228 e. The molecule has 0 bridgehead atoms. The first-order valence-electron chi connectivity index (χ1n) is 9.55. The fraction of sp³-hybridized carbons (Fsp3) is 0.182. The van der Waals surface area contributed by atoms with E-state index in [9.17, 15) is 14.3 Å². The van der Waals surface area contributed by atoms with Crippen molar-refractivity contribution in [2.24, 2.45) is 10.7 Å². The molecule has 1 atom stereocenters. The average molecular weight is 459 g/mol. The molecule has 1 aromatic carbocycles. The number of rotatable bonds is 9. The molecule has 4 N–H and O–H groups in total. The molecule has 1 amide bonds. The number of carbonyl (C=O) groups is 1. The molecule has 10 heteroatoms. The van der Waals surface area contributed by atoms with Gasteiger partial charge in [0.2, 0.25) is 12.4 Å². The maximum absolute atomic E-state index is 13.8. The molecule has 1 heterocycles. The largest absolute Gasteiger partial charge is 0.404 e. The highest BCUT2D eigenvalue weighted by Gasteiger charge is 2.18. The number of aromatic nitrogens is 2. The molecular formula is C22H24ClFN6O2. The van der Waals surface area contributed by atoms with Crippen molar-refractivity contribution in [1.82, 2.24) is 14.9 Å². The monoisotopic (exact) mass is 458 g/mol.